The van der Waals surface area contributed by atoms with E-state index in [1.165, 1.54) is 9.58 Å². The SMILES string of the molecule is COc1ccc(NC(=O)CC2OCCN(Cc3c(=O)o[nH][n+]3C)C2=O)cc1. The summed E-state index contributed by atoms with van der Waals surface area (Å²) in [5.74, 6) is -0.00404. The third kappa shape index (κ3) is 4.34. The summed E-state index contributed by atoms with van der Waals surface area (Å²) in [4.78, 5) is 38.0. The fourth-order valence-electron chi connectivity index (χ4n) is 2.76. The zero-order valence-corrected chi connectivity index (χ0v) is 15.1. The zero-order valence-electron chi connectivity index (χ0n) is 15.1. The van der Waals surface area contributed by atoms with Crippen molar-refractivity contribution >= 4 is 17.5 Å². The lowest BCUT2D eigenvalue weighted by molar-refractivity contribution is -0.746. The van der Waals surface area contributed by atoms with Crippen molar-refractivity contribution in [3.05, 3.63) is 40.4 Å². The molecule has 0 radical (unpaired) electrons. The van der Waals surface area contributed by atoms with E-state index in [9.17, 15) is 14.4 Å². The highest BCUT2D eigenvalue weighted by Crippen LogP contribution is 2.17. The van der Waals surface area contributed by atoms with Crippen LogP contribution in [0.15, 0.2) is 33.6 Å². The number of benzene rings is 1. The number of amides is 2. The summed E-state index contributed by atoms with van der Waals surface area (Å²) in [5.41, 5.74) is 0.371. The van der Waals surface area contributed by atoms with E-state index in [0.717, 1.165) is 0 Å². The van der Waals surface area contributed by atoms with Gasteiger partial charge in [0, 0.05) is 12.2 Å². The van der Waals surface area contributed by atoms with Gasteiger partial charge in [-0.25, -0.2) is 4.79 Å². The first kappa shape index (κ1) is 18.6. The van der Waals surface area contributed by atoms with Crippen LogP contribution in [-0.2, 0) is 27.9 Å². The molecule has 0 saturated carbocycles. The first-order chi connectivity index (χ1) is 13.0. The number of hydrogen-bond acceptors (Lipinski definition) is 6. The Morgan fingerprint density at radius 3 is 2.74 bits per heavy atom. The van der Waals surface area contributed by atoms with Crippen molar-refractivity contribution in [3.63, 3.8) is 0 Å². The quantitative estimate of drug-likeness (QED) is 0.659. The number of ether oxygens (including phenoxy) is 2. The average molecular weight is 377 g/mol. The molecule has 1 aliphatic heterocycles. The number of carbonyl (C=O) groups is 2. The third-order valence-electron chi connectivity index (χ3n) is 4.27. The summed E-state index contributed by atoms with van der Waals surface area (Å²) in [6, 6.07) is 6.86. The average Bonchev–Trinajstić information content (AvgIpc) is 2.97. The lowest BCUT2D eigenvalue weighted by Gasteiger charge is -2.30. The molecule has 2 heterocycles. The van der Waals surface area contributed by atoms with Gasteiger partial charge >= 0.3 is 11.3 Å². The maximum absolute atomic E-state index is 12.6. The third-order valence-corrected chi connectivity index (χ3v) is 4.27. The van der Waals surface area contributed by atoms with Gasteiger partial charge in [0.1, 0.15) is 18.4 Å². The molecule has 3 rings (SSSR count). The van der Waals surface area contributed by atoms with E-state index in [0.29, 0.717) is 23.7 Å². The number of nitrogens with zero attached hydrogens (tertiary/aromatic N) is 2. The minimum absolute atomic E-state index is 0.0844. The number of carbonyl (C=O) groups excluding carboxylic acids is 2. The predicted molar refractivity (Wildman–Crippen MR) is 91.9 cm³/mol. The van der Waals surface area contributed by atoms with Crippen molar-refractivity contribution in [3.8, 4) is 5.75 Å². The van der Waals surface area contributed by atoms with E-state index >= 15 is 0 Å². The molecule has 1 unspecified atom stereocenters. The van der Waals surface area contributed by atoms with E-state index in [1.54, 1.807) is 38.4 Å². The van der Waals surface area contributed by atoms with Crippen LogP contribution in [0.5, 0.6) is 5.75 Å². The number of methoxy groups -OCH3 is 1. The summed E-state index contributed by atoms with van der Waals surface area (Å²) in [6.07, 6.45) is -1.01. The first-order valence-corrected chi connectivity index (χ1v) is 8.38. The highest BCUT2D eigenvalue weighted by Gasteiger charge is 2.34. The smallest absolute Gasteiger partial charge is 0.431 e. The lowest BCUT2D eigenvalue weighted by atomic mass is 10.1. The number of aromatic amines is 1. The molecule has 1 aromatic heterocycles. The number of H-pyrrole nitrogens is 1. The molecule has 1 atom stereocenters. The zero-order chi connectivity index (χ0) is 19.4. The second-order valence-electron chi connectivity index (χ2n) is 6.09. The summed E-state index contributed by atoms with van der Waals surface area (Å²) >= 11 is 0. The van der Waals surface area contributed by atoms with Crippen LogP contribution in [0.2, 0.25) is 0 Å². The van der Waals surface area contributed by atoms with Gasteiger partial charge in [0.15, 0.2) is 7.05 Å². The Hall–Kier alpha value is -3.14. The minimum atomic E-state index is -0.895. The van der Waals surface area contributed by atoms with E-state index in [1.807, 2.05) is 0 Å². The molecule has 27 heavy (non-hydrogen) atoms. The Labute approximate surface area is 154 Å². The van der Waals surface area contributed by atoms with Crippen molar-refractivity contribution in [2.24, 2.45) is 7.05 Å². The van der Waals surface area contributed by atoms with Crippen molar-refractivity contribution in [1.82, 2.24) is 10.2 Å². The molecule has 1 aliphatic rings. The van der Waals surface area contributed by atoms with Crippen LogP contribution in [0.3, 0.4) is 0 Å². The highest BCUT2D eigenvalue weighted by atomic mass is 16.5. The molecule has 0 aliphatic carbocycles. The molecule has 0 bridgehead atoms. The summed E-state index contributed by atoms with van der Waals surface area (Å²) < 4.78 is 16.6. The molecule has 1 fully saturated rings. The molecule has 2 N–H and O–H groups in total. The van der Waals surface area contributed by atoms with Gasteiger partial charge in [-0.1, -0.05) is 4.68 Å². The van der Waals surface area contributed by atoms with Crippen LogP contribution in [0.4, 0.5) is 5.69 Å². The first-order valence-electron chi connectivity index (χ1n) is 8.38. The van der Waals surface area contributed by atoms with Gasteiger partial charge in [-0.15, -0.1) is 0 Å². The Bertz CT molecular complexity index is 872. The Morgan fingerprint density at radius 1 is 1.37 bits per heavy atom. The monoisotopic (exact) mass is 377 g/mol. The van der Waals surface area contributed by atoms with E-state index in [2.05, 4.69) is 15.1 Å². The predicted octanol–water partition coefficient (Wildman–Crippen LogP) is -0.443. The van der Waals surface area contributed by atoms with Gasteiger partial charge in [-0.05, 0) is 29.5 Å². The number of aromatic nitrogens is 2. The van der Waals surface area contributed by atoms with E-state index in [4.69, 9.17) is 9.47 Å². The van der Waals surface area contributed by atoms with Gasteiger partial charge in [-0.2, -0.15) is 0 Å². The molecule has 10 nitrogen and oxygen atoms in total. The molecular formula is C17H21N4O6+. The molecule has 1 aromatic carbocycles. The van der Waals surface area contributed by atoms with Gasteiger partial charge in [0.25, 0.3) is 5.91 Å². The second-order valence-corrected chi connectivity index (χ2v) is 6.09. The number of anilines is 1. The lowest BCUT2D eigenvalue weighted by Crippen LogP contribution is -2.50. The standard InChI is InChI=1S/C17H20N4O6/c1-20-13(17(24)27-19-20)10-21-7-8-26-14(16(21)23)9-15(22)18-11-3-5-12(25-2)6-4-11/h3-6,14H,7-10H2,1-2H3,(H-,18,19,22,24)/p+1. The molecular weight excluding hydrogens is 356 g/mol. The second kappa shape index (κ2) is 8.04. The maximum Gasteiger partial charge on any atom is 0.431 e. The normalized spacial score (nSPS) is 17.0. The maximum atomic E-state index is 12.6. The van der Waals surface area contributed by atoms with Crippen molar-refractivity contribution < 1.29 is 28.3 Å². The van der Waals surface area contributed by atoms with Crippen LogP contribution >= 0.6 is 0 Å². The molecule has 0 spiro atoms. The van der Waals surface area contributed by atoms with Gasteiger partial charge in [0.05, 0.1) is 20.1 Å². The van der Waals surface area contributed by atoms with Crippen LogP contribution in [0, 0.1) is 0 Å². The summed E-state index contributed by atoms with van der Waals surface area (Å²) in [5, 5.41) is 5.13. The summed E-state index contributed by atoms with van der Waals surface area (Å²) in [6.45, 7) is 0.701. The van der Waals surface area contributed by atoms with Crippen LogP contribution < -0.4 is 20.4 Å². The van der Waals surface area contributed by atoms with Crippen LogP contribution in [0.1, 0.15) is 12.1 Å². The van der Waals surface area contributed by atoms with Crippen LogP contribution in [0.25, 0.3) is 0 Å². The molecule has 1 saturated heterocycles. The topological polar surface area (TPSA) is 118 Å². The van der Waals surface area contributed by atoms with Gasteiger partial charge in [0.2, 0.25) is 5.91 Å². The Kier molecular flexibility index (Phi) is 5.55. The number of aryl methyl sites for hydroxylation is 1. The van der Waals surface area contributed by atoms with E-state index < -0.39 is 11.7 Å². The molecule has 2 aromatic rings. The number of morpholine rings is 1. The van der Waals surface area contributed by atoms with Gasteiger partial charge in [-0.3, -0.25) is 14.1 Å². The van der Waals surface area contributed by atoms with E-state index in [-0.39, 0.29) is 31.4 Å². The number of rotatable bonds is 6. The van der Waals surface area contributed by atoms with Crippen molar-refractivity contribution in [2.75, 3.05) is 25.6 Å². The number of nitrogens with one attached hydrogen (secondary N) is 2. The molecule has 10 heteroatoms. The highest BCUT2D eigenvalue weighted by molar-refractivity contribution is 5.95. The fraction of sp³-hybridized carbons (Fsp3) is 0.412. The fourth-order valence-corrected chi connectivity index (χ4v) is 2.76. The Balaban J connectivity index is 1.60. The summed E-state index contributed by atoms with van der Waals surface area (Å²) in [7, 11) is 3.17. The van der Waals surface area contributed by atoms with Crippen molar-refractivity contribution in [2.45, 2.75) is 19.1 Å². The van der Waals surface area contributed by atoms with Crippen LogP contribution in [-0.4, -0.2) is 48.4 Å². The number of hydrogen-bond donors (Lipinski definition) is 2. The van der Waals surface area contributed by atoms with Gasteiger partial charge < -0.3 is 19.7 Å². The largest absolute Gasteiger partial charge is 0.497 e. The molecule has 144 valence electrons. The Morgan fingerprint density at radius 2 is 2.11 bits per heavy atom. The van der Waals surface area contributed by atoms with Crippen molar-refractivity contribution in [1.29, 1.82) is 0 Å². The molecule has 2 amide bonds. The minimum Gasteiger partial charge on any atom is -0.497 e.